The van der Waals surface area contributed by atoms with Crippen molar-refractivity contribution >= 4 is 22.6 Å². The minimum Gasteiger partial charge on any atom is -0.497 e. The second-order valence-electron chi connectivity index (χ2n) is 7.08. The molecule has 0 unspecified atom stereocenters. The number of nitrogens with zero attached hydrogens (tertiary/aromatic N) is 2. The Labute approximate surface area is 195 Å². The number of methoxy groups -OCH3 is 3. The molecule has 0 N–H and O–H groups in total. The highest BCUT2D eigenvalue weighted by Gasteiger charge is 2.14. The molecule has 0 saturated heterocycles. The lowest BCUT2D eigenvalue weighted by Crippen LogP contribution is -2.28. The molecule has 5 nitrogen and oxygen atoms in total. The number of hydrogen-bond donors (Lipinski definition) is 0. The summed E-state index contributed by atoms with van der Waals surface area (Å²) in [6.45, 7) is 3.61. The predicted octanol–water partition coefficient (Wildman–Crippen LogP) is 6.16. The average molecular weight is 451 g/mol. The largest absolute Gasteiger partial charge is 0.497 e. The zero-order valence-electron chi connectivity index (χ0n) is 19.1. The molecule has 0 aliphatic carbocycles. The number of hydrogen-bond acceptors (Lipinski definition) is 5. The van der Waals surface area contributed by atoms with Crippen molar-refractivity contribution in [3.8, 4) is 17.2 Å². The lowest BCUT2D eigenvalue weighted by molar-refractivity contribution is 0.405. The van der Waals surface area contributed by atoms with Gasteiger partial charge in [0, 0.05) is 13.1 Å². The van der Waals surface area contributed by atoms with Gasteiger partial charge in [-0.3, -0.25) is 0 Å². The molecule has 3 aromatic rings. The molecule has 0 bridgehead atoms. The average Bonchev–Trinajstić information content (AvgIpc) is 2.84. The highest BCUT2D eigenvalue weighted by atomic mass is 32.2. The van der Waals surface area contributed by atoms with E-state index in [1.54, 1.807) is 33.1 Å². The standard InChI is InChI=1S/C26H30N2O3S/c1-5-32-26(27-22-10-16-25(31-4)17-11-22)28(18-20-6-12-23(29-2)13-7-20)19-21-8-14-24(30-3)15-9-21/h6-17H,5,18-19H2,1-4H3. The summed E-state index contributed by atoms with van der Waals surface area (Å²) in [6, 6.07) is 24.2. The zero-order valence-corrected chi connectivity index (χ0v) is 19.9. The molecule has 0 aromatic heterocycles. The van der Waals surface area contributed by atoms with Crippen LogP contribution in [0.25, 0.3) is 0 Å². The first kappa shape index (κ1) is 23.5. The molecular formula is C26H30N2O3S. The Morgan fingerprint density at radius 3 is 1.47 bits per heavy atom. The second kappa shape index (κ2) is 12.1. The molecular weight excluding hydrogens is 420 g/mol. The quantitative estimate of drug-likeness (QED) is 0.289. The van der Waals surface area contributed by atoms with Gasteiger partial charge in [0.1, 0.15) is 17.2 Å². The maximum Gasteiger partial charge on any atom is 0.164 e. The SMILES string of the molecule is CCSC(=Nc1ccc(OC)cc1)N(Cc1ccc(OC)cc1)Cc1ccc(OC)cc1. The highest BCUT2D eigenvalue weighted by Crippen LogP contribution is 2.24. The van der Waals surface area contributed by atoms with Crippen LogP contribution in [0.1, 0.15) is 18.1 Å². The van der Waals surface area contributed by atoms with Crippen molar-refractivity contribution in [2.24, 2.45) is 4.99 Å². The number of benzene rings is 3. The summed E-state index contributed by atoms with van der Waals surface area (Å²) in [5.74, 6) is 3.45. The second-order valence-corrected chi connectivity index (χ2v) is 8.31. The van der Waals surface area contributed by atoms with Gasteiger partial charge in [0.25, 0.3) is 0 Å². The molecule has 6 heteroatoms. The van der Waals surface area contributed by atoms with Gasteiger partial charge in [-0.15, -0.1) is 0 Å². The lowest BCUT2D eigenvalue weighted by atomic mass is 10.1. The third-order valence-corrected chi connectivity index (χ3v) is 5.80. The summed E-state index contributed by atoms with van der Waals surface area (Å²) in [5, 5.41) is 0.976. The Balaban J connectivity index is 1.92. The molecule has 0 aliphatic heterocycles. The van der Waals surface area contributed by atoms with E-state index in [9.17, 15) is 0 Å². The van der Waals surface area contributed by atoms with E-state index >= 15 is 0 Å². The van der Waals surface area contributed by atoms with Crippen LogP contribution >= 0.6 is 11.8 Å². The van der Waals surface area contributed by atoms with Crippen LogP contribution in [0.2, 0.25) is 0 Å². The fraction of sp³-hybridized carbons (Fsp3) is 0.269. The number of ether oxygens (including phenoxy) is 3. The van der Waals surface area contributed by atoms with Gasteiger partial charge in [0.05, 0.1) is 27.0 Å². The topological polar surface area (TPSA) is 43.3 Å². The molecule has 0 spiro atoms. The number of thioether (sulfide) groups is 1. The number of rotatable bonds is 9. The van der Waals surface area contributed by atoms with Crippen LogP contribution in [-0.2, 0) is 13.1 Å². The molecule has 0 atom stereocenters. The first-order chi connectivity index (χ1) is 15.6. The van der Waals surface area contributed by atoms with Crippen LogP contribution < -0.4 is 14.2 Å². The summed E-state index contributed by atoms with van der Waals surface area (Å²) in [7, 11) is 5.03. The summed E-state index contributed by atoms with van der Waals surface area (Å²) in [6.07, 6.45) is 0. The van der Waals surface area contributed by atoms with Gasteiger partial charge < -0.3 is 19.1 Å². The van der Waals surface area contributed by atoms with E-state index in [4.69, 9.17) is 19.2 Å². The Morgan fingerprint density at radius 2 is 1.09 bits per heavy atom. The third-order valence-electron chi connectivity index (χ3n) is 4.91. The lowest BCUT2D eigenvalue weighted by Gasteiger charge is -2.26. The number of amidine groups is 1. The van der Waals surface area contributed by atoms with E-state index in [-0.39, 0.29) is 0 Å². The smallest absolute Gasteiger partial charge is 0.164 e. The van der Waals surface area contributed by atoms with Gasteiger partial charge in [0.2, 0.25) is 0 Å². The van der Waals surface area contributed by atoms with Crippen LogP contribution in [0.15, 0.2) is 77.8 Å². The monoisotopic (exact) mass is 450 g/mol. The minimum absolute atomic E-state index is 0.734. The van der Waals surface area contributed by atoms with Crippen molar-refractivity contribution in [3.05, 3.63) is 83.9 Å². The van der Waals surface area contributed by atoms with Gasteiger partial charge in [-0.2, -0.15) is 0 Å². The van der Waals surface area contributed by atoms with Crippen molar-refractivity contribution in [1.82, 2.24) is 4.90 Å². The van der Waals surface area contributed by atoms with Crippen LogP contribution in [0.4, 0.5) is 5.69 Å². The summed E-state index contributed by atoms with van der Waals surface area (Å²) in [5.41, 5.74) is 3.29. The van der Waals surface area contributed by atoms with Crippen LogP contribution in [-0.4, -0.2) is 37.1 Å². The van der Waals surface area contributed by atoms with Crippen LogP contribution in [0, 0.1) is 0 Å². The van der Waals surface area contributed by atoms with E-state index in [1.165, 1.54) is 11.1 Å². The molecule has 168 valence electrons. The number of aliphatic imine (C=N–C) groups is 1. The van der Waals surface area contributed by atoms with Gasteiger partial charge in [-0.05, 0) is 65.4 Å². The molecule has 0 amide bonds. The van der Waals surface area contributed by atoms with Crippen molar-refractivity contribution in [3.63, 3.8) is 0 Å². The van der Waals surface area contributed by atoms with Gasteiger partial charge in [-0.25, -0.2) is 4.99 Å². The Morgan fingerprint density at radius 1 is 0.688 bits per heavy atom. The highest BCUT2D eigenvalue weighted by molar-refractivity contribution is 8.13. The van der Waals surface area contributed by atoms with E-state index < -0.39 is 0 Å². The third kappa shape index (κ3) is 6.69. The Kier molecular flexibility index (Phi) is 8.87. The summed E-state index contributed by atoms with van der Waals surface area (Å²) in [4.78, 5) is 7.29. The molecule has 0 radical (unpaired) electrons. The summed E-state index contributed by atoms with van der Waals surface area (Å²) < 4.78 is 15.9. The molecule has 0 fully saturated rings. The summed E-state index contributed by atoms with van der Waals surface area (Å²) >= 11 is 1.74. The van der Waals surface area contributed by atoms with Gasteiger partial charge in [0.15, 0.2) is 5.17 Å². The minimum atomic E-state index is 0.734. The molecule has 0 aliphatic rings. The van der Waals surface area contributed by atoms with Crippen molar-refractivity contribution < 1.29 is 14.2 Å². The molecule has 0 saturated carbocycles. The molecule has 32 heavy (non-hydrogen) atoms. The Hall–Kier alpha value is -3.12. The Bertz CT molecular complexity index is 938. The first-order valence-electron chi connectivity index (χ1n) is 10.5. The predicted molar refractivity (Wildman–Crippen MR) is 133 cm³/mol. The van der Waals surface area contributed by atoms with Gasteiger partial charge >= 0.3 is 0 Å². The van der Waals surface area contributed by atoms with E-state index in [2.05, 4.69) is 36.1 Å². The van der Waals surface area contributed by atoms with Crippen molar-refractivity contribution in [1.29, 1.82) is 0 Å². The normalized spacial score (nSPS) is 11.2. The fourth-order valence-electron chi connectivity index (χ4n) is 3.18. The fourth-order valence-corrected chi connectivity index (χ4v) is 3.92. The maximum atomic E-state index is 5.31. The van der Waals surface area contributed by atoms with Crippen molar-refractivity contribution in [2.75, 3.05) is 27.1 Å². The first-order valence-corrected chi connectivity index (χ1v) is 11.5. The molecule has 0 heterocycles. The van der Waals surface area contributed by atoms with Gasteiger partial charge in [-0.1, -0.05) is 43.0 Å². The van der Waals surface area contributed by atoms with E-state index in [1.807, 2.05) is 48.5 Å². The van der Waals surface area contributed by atoms with Crippen LogP contribution in [0.3, 0.4) is 0 Å². The maximum absolute atomic E-state index is 5.31. The van der Waals surface area contributed by atoms with E-state index in [0.29, 0.717) is 0 Å². The molecule has 3 aromatic carbocycles. The van der Waals surface area contributed by atoms with Crippen molar-refractivity contribution in [2.45, 2.75) is 20.0 Å². The van der Waals surface area contributed by atoms with E-state index in [0.717, 1.165) is 46.9 Å². The zero-order chi connectivity index (χ0) is 22.8. The molecule has 3 rings (SSSR count). The van der Waals surface area contributed by atoms with Crippen LogP contribution in [0.5, 0.6) is 17.2 Å².